The van der Waals surface area contributed by atoms with E-state index in [2.05, 4.69) is 5.10 Å². The number of aromatic nitrogens is 2. The third-order valence-corrected chi connectivity index (χ3v) is 4.07. The van der Waals surface area contributed by atoms with Gasteiger partial charge in [-0.1, -0.05) is 12.1 Å². The molecule has 0 saturated carbocycles. The average molecular weight is 302 g/mol. The van der Waals surface area contributed by atoms with Gasteiger partial charge in [0, 0.05) is 25.3 Å². The van der Waals surface area contributed by atoms with Crippen molar-refractivity contribution in [2.45, 2.75) is 25.3 Å². The van der Waals surface area contributed by atoms with Crippen LogP contribution in [0.1, 0.15) is 29.8 Å². The highest BCUT2D eigenvalue weighted by molar-refractivity contribution is 5.92. The number of piperidine rings is 1. The molecule has 2 N–H and O–H groups in total. The number of benzene rings is 1. The summed E-state index contributed by atoms with van der Waals surface area (Å²) in [4.78, 5) is 14.4. The number of carbonyl (C=O) groups excluding carboxylic acids is 1. The minimum absolute atomic E-state index is 0.0693. The Bertz CT molecular complexity index is 670. The van der Waals surface area contributed by atoms with Crippen molar-refractivity contribution < 1.29 is 9.18 Å². The maximum atomic E-state index is 13.8. The van der Waals surface area contributed by atoms with E-state index in [4.69, 9.17) is 5.73 Å². The molecule has 22 heavy (non-hydrogen) atoms. The van der Waals surface area contributed by atoms with E-state index in [1.54, 1.807) is 35.4 Å². The summed E-state index contributed by atoms with van der Waals surface area (Å²) >= 11 is 0. The normalized spacial score (nSPS) is 18.5. The van der Waals surface area contributed by atoms with Gasteiger partial charge in [0.15, 0.2) is 5.69 Å². The molecule has 0 bridgehead atoms. The maximum Gasteiger partial charge on any atom is 0.274 e. The monoisotopic (exact) mass is 302 g/mol. The third-order valence-electron chi connectivity index (χ3n) is 4.07. The minimum Gasteiger partial charge on any atom is -0.333 e. The fourth-order valence-corrected chi connectivity index (χ4v) is 2.87. The molecule has 1 aliphatic rings. The maximum absolute atomic E-state index is 13.8. The Morgan fingerprint density at radius 1 is 1.32 bits per heavy atom. The molecule has 0 aliphatic carbocycles. The highest BCUT2D eigenvalue weighted by atomic mass is 19.1. The van der Waals surface area contributed by atoms with Crippen molar-refractivity contribution in [2.75, 3.05) is 13.1 Å². The van der Waals surface area contributed by atoms with E-state index in [9.17, 15) is 9.18 Å². The van der Waals surface area contributed by atoms with Crippen LogP contribution in [-0.2, 0) is 0 Å². The lowest BCUT2D eigenvalue weighted by molar-refractivity contribution is 0.0616. The first-order valence-electron chi connectivity index (χ1n) is 7.52. The second kappa shape index (κ2) is 6.27. The number of carbonyl (C=O) groups is 1. The summed E-state index contributed by atoms with van der Waals surface area (Å²) in [6.45, 7) is 1.16. The molecule has 1 aromatic carbocycles. The number of rotatable bonds is 3. The van der Waals surface area contributed by atoms with E-state index in [0.717, 1.165) is 19.3 Å². The van der Waals surface area contributed by atoms with Gasteiger partial charge in [-0.05, 0) is 37.5 Å². The number of halogens is 1. The molecule has 116 valence electrons. The number of amides is 1. The number of likely N-dealkylation sites (tertiary alicyclic amines) is 1. The Morgan fingerprint density at radius 3 is 2.91 bits per heavy atom. The van der Waals surface area contributed by atoms with Gasteiger partial charge in [0.1, 0.15) is 11.5 Å². The van der Waals surface area contributed by atoms with Crippen molar-refractivity contribution in [1.29, 1.82) is 0 Å². The Morgan fingerprint density at radius 2 is 2.14 bits per heavy atom. The molecule has 3 rings (SSSR count). The van der Waals surface area contributed by atoms with Crippen LogP contribution in [-0.4, -0.2) is 39.7 Å². The van der Waals surface area contributed by atoms with Crippen LogP contribution >= 0.6 is 0 Å². The SMILES string of the molecule is NC[C@H]1CCCCN1C(=O)c1ccn(-c2ccccc2F)n1. The molecule has 1 aliphatic heterocycles. The molecule has 6 heteroatoms. The van der Waals surface area contributed by atoms with E-state index >= 15 is 0 Å². The van der Waals surface area contributed by atoms with E-state index in [1.807, 2.05) is 0 Å². The fraction of sp³-hybridized carbons (Fsp3) is 0.375. The molecular formula is C16H19FN4O. The first-order valence-corrected chi connectivity index (χ1v) is 7.52. The van der Waals surface area contributed by atoms with Crippen molar-refractivity contribution in [3.8, 4) is 5.69 Å². The topological polar surface area (TPSA) is 64.2 Å². The number of para-hydroxylation sites is 1. The number of hydrogen-bond donors (Lipinski definition) is 1. The van der Waals surface area contributed by atoms with Gasteiger partial charge in [0.2, 0.25) is 0 Å². The highest BCUT2D eigenvalue weighted by Gasteiger charge is 2.27. The summed E-state index contributed by atoms with van der Waals surface area (Å²) in [6.07, 6.45) is 4.61. The summed E-state index contributed by atoms with van der Waals surface area (Å²) < 4.78 is 15.2. The Labute approximate surface area is 128 Å². The summed E-state index contributed by atoms with van der Waals surface area (Å²) in [6, 6.07) is 8.04. The van der Waals surface area contributed by atoms with Crippen LogP contribution in [0.3, 0.4) is 0 Å². The van der Waals surface area contributed by atoms with Crippen molar-refractivity contribution in [3.05, 3.63) is 48.0 Å². The largest absolute Gasteiger partial charge is 0.333 e. The van der Waals surface area contributed by atoms with Gasteiger partial charge in [-0.25, -0.2) is 9.07 Å². The first-order chi connectivity index (χ1) is 10.7. The van der Waals surface area contributed by atoms with Gasteiger partial charge in [-0.2, -0.15) is 5.10 Å². The first kappa shape index (κ1) is 14.7. The molecule has 5 nitrogen and oxygen atoms in total. The molecule has 1 aromatic heterocycles. The summed E-state index contributed by atoms with van der Waals surface area (Å²) in [5.74, 6) is -0.507. The van der Waals surface area contributed by atoms with Crippen LogP contribution in [0.4, 0.5) is 4.39 Å². The molecule has 0 spiro atoms. The Kier molecular flexibility index (Phi) is 4.20. The van der Waals surface area contributed by atoms with Gasteiger partial charge >= 0.3 is 0 Å². The number of nitrogens with two attached hydrogens (primary N) is 1. The molecule has 2 heterocycles. The van der Waals surface area contributed by atoms with Crippen molar-refractivity contribution in [1.82, 2.24) is 14.7 Å². The second-order valence-electron chi connectivity index (χ2n) is 5.48. The van der Waals surface area contributed by atoms with Crippen LogP contribution in [0.2, 0.25) is 0 Å². The van der Waals surface area contributed by atoms with Crippen molar-refractivity contribution in [3.63, 3.8) is 0 Å². The average Bonchev–Trinajstić information content (AvgIpc) is 3.04. The molecule has 1 amide bonds. The quantitative estimate of drug-likeness (QED) is 0.942. The number of hydrogen-bond acceptors (Lipinski definition) is 3. The smallest absolute Gasteiger partial charge is 0.274 e. The van der Waals surface area contributed by atoms with E-state index in [-0.39, 0.29) is 17.8 Å². The minimum atomic E-state index is -0.373. The standard InChI is InChI=1S/C16H19FN4O/c17-13-6-1-2-7-15(13)21-10-8-14(19-21)16(22)20-9-4-3-5-12(20)11-18/h1-2,6-8,10,12H,3-5,9,11,18H2/t12-/m1/s1. The molecule has 1 fully saturated rings. The van der Waals surface area contributed by atoms with Gasteiger partial charge in [0.05, 0.1) is 0 Å². The van der Waals surface area contributed by atoms with Crippen molar-refractivity contribution >= 4 is 5.91 Å². The summed E-state index contributed by atoms with van der Waals surface area (Å²) in [7, 11) is 0. The lowest BCUT2D eigenvalue weighted by Gasteiger charge is -2.34. The van der Waals surface area contributed by atoms with Crippen LogP contribution < -0.4 is 5.73 Å². The Hall–Kier alpha value is -2.21. The zero-order chi connectivity index (χ0) is 15.5. The zero-order valence-corrected chi connectivity index (χ0v) is 12.3. The molecule has 2 aromatic rings. The highest BCUT2D eigenvalue weighted by Crippen LogP contribution is 2.19. The summed E-state index contributed by atoms with van der Waals surface area (Å²) in [5, 5.41) is 4.23. The van der Waals surface area contributed by atoms with Gasteiger partial charge in [0.25, 0.3) is 5.91 Å². The second-order valence-corrected chi connectivity index (χ2v) is 5.48. The molecule has 1 atom stereocenters. The van der Waals surface area contributed by atoms with Crippen LogP contribution in [0.15, 0.2) is 36.5 Å². The molecular weight excluding hydrogens is 283 g/mol. The van der Waals surface area contributed by atoms with Crippen molar-refractivity contribution in [2.24, 2.45) is 5.73 Å². The molecule has 0 radical (unpaired) electrons. The van der Waals surface area contributed by atoms with E-state index < -0.39 is 0 Å². The lowest BCUT2D eigenvalue weighted by Crippen LogP contribution is -2.47. The summed E-state index contributed by atoms with van der Waals surface area (Å²) in [5.41, 5.74) is 6.41. The third kappa shape index (κ3) is 2.74. The van der Waals surface area contributed by atoms with E-state index in [1.165, 1.54) is 10.7 Å². The van der Waals surface area contributed by atoms with Crippen LogP contribution in [0, 0.1) is 5.82 Å². The van der Waals surface area contributed by atoms with Gasteiger partial charge in [-0.15, -0.1) is 0 Å². The predicted octanol–water partition coefficient (Wildman–Crippen LogP) is 1.96. The zero-order valence-electron chi connectivity index (χ0n) is 12.3. The van der Waals surface area contributed by atoms with Crippen LogP contribution in [0.5, 0.6) is 0 Å². The van der Waals surface area contributed by atoms with Gasteiger partial charge < -0.3 is 10.6 Å². The lowest BCUT2D eigenvalue weighted by atomic mass is 10.0. The van der Waals surface area contributed by atoms with Crippen LogP contribution in [0.25, 0.3) is 5.69 Å². The predicted molar refractivity (Wildman–Crippen MR) is 81.3 cm³/mol. The van der Waals surface area contributed by atoms with Gasteiger partial charge in [-0.3, -0.25) is 4.79 Å². The molecule has 0 unspecified atom stereocenters. The molecule has 1 saturated heterocycles. The Balaban J connectivity index is 1.84. The number of nitrogens with zero attached hydrogens (tertiary/aromatic N) is 3. The fourth-order valence-electron chi connectivity index (χ4n) is 2.87. The van der Waals surface area contributed by atoms with E-state index in [0.29, 0.717) is 24.5 Å².